The molecule has 1 N–H and O–H groups in total. The second-order valence-electron chi connectivity index (χ2n) is 6.82. The van der Waals surface area contributed by atoms with Gasteiger partial charge in [-0.3, -0.25) is 4.79 Å². The number of benzene rings is 3. The molecule has 0 atom stereocenters. The molecule has 3 aromatic rings. The highest BCUT2D eigenvalue weighted by Crippen LogP contribution is 2.22. The van der Waals surface area contributed by atoms with Crippen molar-refractivity contribution in [3.63, 3.8) is 0 Å². The third-order valence-electron chi connectivity index (χ3n) is 4.51. The van der Waals surface area contributed by atoms with Crippen LogP contribution in [0.25, 0.3) is 0 Å². The quantitative estimate of drug-likeness (QED) is 0.588. The first-order chi connectivity index (χ1) is 14.7. The van der Waals surface area contributed by atoms with Crippen LogP contribution in [0.1, 0.15) is 11.1 Å². The Bertz CT molecular complexity index is 1180. The minimum Gasteiger partial charge on any atom is -0.320 e. The Morgan fingerprint density at radius 2 is 1.45 bits per heavy atom. The predicted molar refractivity (Wildman–Crippen MR) is 110 cm³/mol. The fraction of sp³-hybridized carbons (Fsp3) is 0.136. The van der Waals surface area contributed by atoms with Crippen LogP contribution in [0.3, 0.4) is 0 Å². The predicted octanol–water partition coefficient (Wildman–Crippen LogP) is 4.24. The van der Waals surface area contributed by atoms with Crippen LogP contribution in [0.5, 0.6) is 0 Å². The minimum atomic E-state index is -4.22. The lowest BCUT2D eigenvalue weighted by atomic mass is 10.2. The molecule has 31 heavy (non-hydrogen) atoms. The van der Waals surface area contributed by atoms with E-state index in [1.807, 2.05) is 0 Å². The number of aryl methyl sites for hydroxylation is 1. The van der Waals surface area contributed by atoms with Gasteiger partial charge in [0.2, 0.25) is 15.9 Å². The molecule has 0 heterocycles. The van der Waals surface area contributed by atoms with E-state index in [-0.39, 0.29) is 10.5 Å². The molecule has 0 unspecified atom stereocenters. The zero-order valence-corrected chi connectivity index (χ0v) is 17.3. The van der Waals surface area contributed by atoms with Crippen LogP contribution in [0.4, 0.5) is 18.9 Å². The molecule has 0 fully saturated rings. The number of nitrogens with zero attached hydrogens (tertiary/aromatic N) is 1. The molecular weight excluding hydrogens is 429 g/mol. The molecular formula is C22H19F3N2O3S. The Morgan fingerprint density at radius 3 is 2.06 bits per heavy atom. The van der Waals surface area contributed by atoms with Crippen LogP contribution in [0, 0.1) is 24.4 Å². The van der Waals surface area contributed by atoms with E-state index in [0.29, 0.717) is 0 Å². The first kappa shape index (κ1) is 22.5. The van der Waals surface area contributed by atoms with E-state index in [1.165, 1.54) is 36.4 Å². The van der Waals surface area contributed by atoms with Crippen LogP contribution in [0.2, 0.25) is 0 Å². The standard InChI is InChI=1S/C22H19F3N2O3S/c1-15-9-11-17(12-10-15)31(29,30)27(13-16-5-2-3-6-18(16)23)14-21(28)26-22-19(24)7-4-8-20(22)25/h2-12H,13-14H2,1H3,(H,26,28). The molecule has 0 saturated carbocycles. The van der Waals surface area contributed by atoms with E-state index in [9.17, 15) is 26.4 Å². The number of hydrogen-bond acceptors (Lipinski definition) is 3. The van der Waals surface area contributed by atoms with Gasteiger partial charge in [0, 0.05) is 12.1 Å². The topological polar surface area (TPSA) is 66.5 Å². The van der Waals surface area contributed by atoms with E-state index in [2.05, 4.69) is 5.32 Å². The average Bonchev–Trinajstić information content (AvgIpc) is 2.72. The Kier molecular flexibility index (Phi) is 6.77. The van der Waals surface area contributed by atoms with Gasteiger partial charge < -0.3 is 5.32 Å². The molecule has 0 aliphatic heterocycles. The maximum Gasteiger partial charge on any atom is 0.243 e. The molecule has 1 amide bonds. The number of carbonyl (C=O) groups excluding carboxylic acids is 1. The van der Waals surface area contributed by atoms with Crippen molar-refractivity contribution in [3.8, 4) is 0 Å². The maximum atomic E-state index is 14.2. The van der Waals surface area contributed by atoms with Gasteiger partial charge in [-0.1, -0.05) is 42.0 Å². The number of para-hydroxylation sites is 1. The van der Waals surface area contributed by atoms with E-state index >= 15 is 0 Å². The minimum absolute atomic E-state index is 0.0445. The summed E-state index contributed by atoms with van der Waals surface area (Å²) >= 11 is 0. The number of amides is 1. The smallest absolute Gasteiger partial charge is 0.243 e. The monoisotopic (exact) mass is 448 g/mol. The van der Waals surface area contributed by atoms with Gasteiger partial charge in [0.15, 0.2) is 0 Å². The summed E-state index contributed by atoms with van der Waals surface area (Å²) in [5.41, 5.74) is 0.182. The zero-order chi connectivity index (χ0) is 22.6. The summed E-state index contributed by atoms with van der Waals surface area (Å²) in [5, 5.41) is 2.05. The second-order valence-corrected chi connectivity index (χ2v) is 8.76. The molecule has 9 heteroatoms. The van der Waals surface area contributed by atoms with Crippen LogP contribution in [0.15, 0.2) is 71.6 Å². The highest BCUT2D eigenvalue weighted by molar-refractivity contribution is 7.89. The van der Waals surface area contributed by atoms with Crippen molar-refractivity contribution in [3.05, 3.63) is 95.3 Å². The average molecular weight is 448 g/mol. The molecule has 0 saturated heterocycles. The number of halogens is 3. The summed E-state index contributed by atoms with van der Waals surface area (Å²) in [5.74, 6) is -3.63. The Balaban J connectivity index is 1.92. The largest absolute Gasteiger partial charge is 0.320 e. The molecule has 3 rings (SSSR count). The molecule has 0 radical (unpaired) electrons. The van der Waals surface area contributed by atoms with Gasteiger partial charge in [0.1, 0.15) is 23.1 Å². The van der Waals surface area contributed by atoms with Gasteiger partial charge in [0.25, 0.3) is 0 Å². The molecule has 3 aromatic carbocycles. The van der Waals surface area contributed by atoms with Crippen LogP contribution >= 0.6 is 0 Å². The first-order valence-electron chi connectivity index (χ1n) is 9.22. The van der Waals surface area contributed by atoms with Crippen molar-refractivity contribution >= 4 is 21.6 Å². The van der Waals surface area contributed by atoms with E-state index < -0.39 is 52.2 Å². The summed E-state index contributed by atoms with van der Waals surface area (Å²) in [4.78, 5) is 12.4. The fourth-order valence-corrected chi connectivity index (χ4v) is 4.23. The third kappa shape index (κ3) is 5.31. The molecule has 162 valence electrons. The van der Waals surface area contributed by atoms with E-state index in [4.69, 9.17) is 0 Å². The number of carbonyl (C=O) groups is 1. The molecule has 0 aromatic heterocycles. The van der Waals surface area contributed by atoms with Gasteiger partial charge in [-0.2, -0.15) is 4.31 Å². The number of anilines is 1. The Hall–Kier alpha value is -3.17. The SMILES string of the molecule is Cc1ccc(S(=O)(=O)N(CC(=O)Nc2c(F)cccc2F)Cc2ccccc2F)cc1. The summed E-state index contributed by atoms with van der Waals surface area (Å²) in [6.07, 6.45) is 0. The van der Waals surface area contributed by atoms with Crippen molar-refractivity contribution in [1.82, 2.24) is 4.31 Å². The van der Waals surface area contributed by atoms with Gasteiger partial charge >= 0.3 is 0 Å². The Labute approximate surface area is 178 Å². The lowest BCUT2D eigenvalue weighted by molar-refractivity contribution is -0.116. The van der Waals surface area contributed by atoms with E-state index in [1.54, 1.807) is 19.1 Å². The van der Waals surface area contributed by atoms with Gasteiger partial charge in [-0.05, 0) is 37.3 Å². The first-order valence-corrected chi connectivity index (χ1v) is 10.7. The molecule has 0 spiro atoms. The summed E-state index contributed by atoms with van der Waals surface area (Å²) in [7, 11) is -4.22. The number of hydrogen-bond donors (Lipinski definition) is 1. The lowest BCUT2D eigenvalue weighted by Crippen LogP contribution is -2.38. The number of nitrogens with one attached hydrogen (secondary N) is 1. The number of rotatable bonds is 7. The van der Waals surface area contributed by atoms with Crippen molar-refractivity contribution in [2.75, 3.05) is 11.9 Å². The van der Waals surface area contributed by atoms with Gasteiger partial charge in [-0.25, -0.2) is 21.6 Å². The van der Waals surface area contributed by atoms with Crippen LogP contribution in [-0.2, 0) is 21.4 Å². The lowest BCUT2D eigenvalue weighted by Gasteiger charge is -2.22. The van der Waals surface area contributed by atoms with Crippen molar-refractivity contribution in [1.29, 1.82) is 0 Å². The van der Waals surface area contributed by atoms with Crippen LogP contribution in [-0.4, -0.2) is 25.2 Å². The highest BCUT2D eigenvalue weighted by atomic mass is 32.2. The Morgan fingerprint density at radius 1 is 0.871 bits per heavy atom. The summed E-state index contributed by atoms with van der Waals surface area (Å²) in [6.45, 7) is 0.554. The molecule has 0 aliphatic rings. The van der Waals surface area contributed by atoms with Crippen molar-refractivity contribution in [2.45, 2.75) is 18.4 Å². The molecule has 5 nitrogen and oxygen atoms in total. The fourth-order valence-electron chi connectivity index (χ4n) is 2.86. The second kappa shape index (κ2) is 9.32. The maximum absolute atomic E-state index is 14.2. The number of sulfonamides is 1. The normalized spacial score (nSPS) is 11.5. The van der Waals surface area contributed by atoms with Gasteiger partial charge in [0.05, 0.1) is 11.4 Å². The molecule has 0 aliphatic carbocycles. The molecule has 0 bridgehead atoms. The van der Waals surface area contributed by atoms with Gasteiger partial charge in [-0.15, -0.1) is 0 Å². The third-order valence-corrected chi connectivity index (χ3v) is 6.32. The zero-order valence-electron chi connectivity index (χ0n) is 16.5. The van der Waals surface area contributed by atoms with Crippen molar-refractivity contribution in [2.24, 2.45) is 0 Å². The highest BCUT2D eigenvalue weighted by Gasteiger charge is 2.28. The van der Waals surface area contributed by atoms with Crippen LogP contribution < -0.4 is 5.32 Å². The summed E-state index contributed by atoms with van der Waals surface area (Å²) in [6, 6.07) is 14.5. The van der Waals surface area contributed by atoms with E-state index in [0.717, 1.165) is 28.1 Å². The van der Waals surface area contributed by atoms with Crippen molar-refractivity contribution < 1.29 is 26.4 Å². The summed E-state index contributed by atoms with van der Waals surface area (Å²) < 4.78 is 68.9.